The number of carbonyl (C=O) groups is 3. The fraction of sp³-hybridized carbons (Fsp3) is 0.914. The SMILES string of the molecule is CCN(CC)CC.CC[C@H](C)C1C(=O)N(CCN2CCOCC2)C(=O)N1C.CC[C@H](C)[C@H](NC)C(=O)CCCN1CCOCC1.Cl.Cl.[2H]CI. The quantitative estimate of drug-likeness (QED) is 0.128. The minimum Gasteiger partial charge on any atom is -0.379 e. The van der Waals surface area contributed by atoms with Gasteiger partial charge < -0.3 is 24.6 Å². The maximum Gasteiger partial charge on any atom is 0.327 e. The number of morpholine rings is 2. The highest BCUT2D eigenvalue weighted by Crippen LogP contribution is 2.24. The second-order valence-corrected chi connectivity index (χ2v) is 12.5. The average molecular weight is 857 g/mol. The Labute approximate surface area is 327 Å². The van der Waals surface area contributed by atoms with Crippen LogP contribution in [0.1, 0.15) is 75.5 Å². The van der Waals surface area contributed by atoms with Crippen LogP contribution >= 0.6 is 47.4 Å². The third kappa shape index (κ3) is 19.9. The molecule has 0 bridgehead atoms. The average Bonchev–Trinajstić information content (AvgIpc) is 3.32. The van der Waals surface area contributed by atoms with E-state index in [4.69, 9.17) is 10.8 Å². The zero-order chi connectivity index (χ0) is 36.5. The number of imide groups is 1. The van der Waals surface area contributed by atoms with Crippen molar-refractivity contribution in [2.24, 2.45) is 11.8 Å². The minimum absolute atomic E-state index is 0. The normalized spacial score (nSPS) is 20.2. The van der Waals surface area contributed by atoms with Crippen LogP contribution in [0.3, 0.4) is 0 Å². The number of Topliss-reactive ketones (excluding diaryl/α,β-unsaturated/α-hetero) is 1. The second kappa shape index (κ2) is 32.3. The summed E-state index contributed by atoms with van der Waals surface area (Å²) in [7, 11) is 3.61. The van der Waals surface area contributed by atoms with Crippen LogP contribution in [0, 0.1) is 11.8 Å². The summed E-state index contributed by atoms with van der Waals surface area (Å²) < 4.78 is 16.8. The smallest absolute Gasteiger partial charge is 0.327 e. The number of likely N-dealkylation sites (N-methyl/N-ethyl adjacent to an activating group) is 2. The Morgan fingerprint density at radius 2 is 1.37 bits per heavy atom. The lowest BCUT2D eigenvalue weighted by Crippen LogP contribution is -2.43. The Balaban J connectivity index is -0.000000679. The van der Waals surface area contributed by atoms with Gasteiger partial charge in [0.1, 0.15) is 11.8 Å². The van der Waals surface area contributed by atoms with E-state index >= 15 is 0 Å². The number of ether oxygens (including phenoxy) is 2. The van der Waals surface area contributed by atoms with Crippen molar-refractivity contribution in [3.05, 3.63) is 0 Å². The number of rotatable bonds is 16. The van der Waals surface area contributed by atoms with Crippen LogP contribution in [0.25, 0.3) is 0 Å². The topological polar surface area (TPSA) is 97.9 Å². The van der Waals surface area contributed by atoms with E-state index in [1.165, 1.54) is 24.5 Å². The first kappa shape index (κ1) is 50.8. The van der Waals surface area contributed by atoms with Gasteiger partial charge >= 0.3 is 6.03 Å². The molecule has 0 aromatic heterocycles. The molecule has 3 aliphatic heterocycles. The van der Waals surface area contributed by atoms with Gasteiger partial charge in [-0.3, -0.25) is 24.3 Å². The monoisotopic (exact) mass is 855 g/mol. The first-order chi connectivity index (χ1) is 23.0. The number of nitrogens with zero attached hydrogens (tertiary/aromatic N) is 5. The number of nitrogens with one attached hydrogen (secondary N) is 1. The number of hydrogen-bond acceptors (Lipinski definition) is 9. The molecule has 3 heterocycles. The van der Waals surface area contributed by atoms with Crippen molar-refractivity contribution < 1.29 is 25.2 Å². The van der Waals surface area contributed by atoms with Crippen LogP contribution in [-0.2, 0) is 19.1 Å². The molecule has 4 atom stereocenters. The Hall–Kier alpha value is -0.320. The largest absolute Gasteiger partial charge is 0.379 e. The first-order valence-corrected chi connectivity index (χ1v) is 19.5. The summed E-state index contributed by atoms with van der Waals surface area (Å²) in [5.41, 5.74) is 0. The van der Waals surface area contributed by atoms with Crippen LogP contribution in [0.15, 0.2) is 0 Å². The molecular formula is C35H73Cl2IN6O5. The third-order valence-electron chi connectivity index (χ3n) is 9.61. The van der Waals surface area contributed by atoms with Crippen LogP contribution in [-0.4, -0.2) is 165 Å². The lowest BCUT2D eigenvalue weighted by atomic mass is 9.93. The highest BCUT2D eigenvalue weighted by molar-refractivity contribution is 14.1. The molecular weight excluding hydrogens is 782 g/mol. The highest BCUT2D eigenvalue weighted by Gasteiger charge is 2.44. The zero-order valence-corrected chi connectivity index (χ0v) is 36.0. The van der Waals surface area contributed by atoms with Crippen molar-refractivity contribution in [1.82, 2.24) is 29.8 Å². The van der Waals surface area contributed by atoms with Gasteiger partial charge in [0.2, 0.25) is 0 Å². The number of amides is 3. The Kier molecular flexibility index (Phi) is 33.5. The predicted molar refractivity (Wildman–Crippen MR) is 217 cm³/mol. The van der Waals surface area contributed by atoms with Crippen molar-refractivity contribution in [1.29, 1.82) is 0 Å². The van der Waals surface area contributed by atoms with Crippen LogP contribution in [0.5, 0.6) is 0 Å². The second-order valence-electron chi connectivity index (χ2n) is 12.5. The van der Waals surface area contributed by atoms with E-state index in [9.17, 15) is 14.4 Å². The molecule has 0 aromatic rings. The van der Waals surface area contributed by atoms with Crippen molar-refractivity contribution in [3.8, 4) is 0 Å². The number of halogens is 3. The molecule has 49 heavy (non-hydrogen) atoms. The summed E-state index contributed by atoms with van der Waals surface area (Å²) in [4.78, 5) is 47.2. The fourth-order valence-corrected chi connectivity index (χ4v) is 5.98. The molecule has 3 aliphatic rings. The predicted octanol–water partition coefficient (Wildman–Crippen LogP) is 5.17. The van der Waals surface area contributed by atoms with E-state index in [0.29, 0.717) is 29.6 Å². The molecule has 0 aromatic carbocycles. The van der Waals surface area contributed by atoms with E-state index < -0.39 is 0 Å². The van der Waals surface area contributed by atoms with E-state index in [0.717, 1.165) is 85.0 Å². The van der Waals surface area contributed by atoms with Crippen molar-refractivity contribution in [2.45, 2.75) is 86.2 Å². The molecule has 0 radical (unpaired) electrons. The molecule has 14 heteroatoms. The zero-order valence-electron chi connectivity index (χ0n) is 33.2. The van der Waals surface area contributed by atoms with E-state index in [-0.39, 0.29) is 54.8 Å². The van der Waals surface area contributed by atoms with Gasteiger partial charge in [-0.15, -0.1) is 24.8 Å². The Bertz CT molecular complexity index is 853. The number of urea groups is 1. The van der Waals surface area contributed by atoms with E-state index in [2.05, 4.69) is 54.6 Å². The van der Waals surface area contributed by atoms with Crippen molar-refractivity contribution in [3.63, 3.8) is 0 Å². The van der Waals surface area contributed by atoms with Crippen LogP contribution in [0.2, 0.25) is 0 Å². The lowest BCUT2D eigenvalue weighted by Gasteiger charge is -2.27. The molecule has 0 spiro atoms. The fourth-order valence-electron chi connectivity index (χ4n) is 5.98. The van der Waals surface area contributed by atoms with Gasteiger partial charge in [-0.1, -0.05) is 83.9 Å². The maximum absolute atomic E-state index is 12.4. The minimum atomic E-state index is -0.294. The van der Waals surface area contributed by atoms with Gasteiger partial charge in [0.05, 0.1) is 32.5 Å². The Morgan fingerprint density at radius 1 is 0.898 bits per heavy atom. The highest BCUT2D eigenvalue weighted by atomic mass is 127. The standard InChI is InChI=1S/C14H25N3O3.C14H28N2O2.C6H15N.CH3I.2ClH/c1-4-11(2)12-13(18)17(14(19)15(12)3)6-5-16-7-9-20-10-8-16;1-4-12(2)14(15-3)13(17)6-5-7-16-8-10-18-11-9-16;1-4-7(5-2)6-3;1-2;;/h11-12H,4-10H2,1-3H3;12,14-15H,4-11H2,1-3H3;4-6H2,1-3H3;1H3;2*1H/t11-,12?;12-,14-;;;;/m00..../s1/i;;;1D;;. The molecule has 3 fully saturated rings. The van der Waals surface area contributed by atoms with Gasteiger partial charge in [0.15, 0.2) is 0 Å². The van der Waals surface area contributed by atoms with Crippen LogP contribution in [0.4, 0.5) is 4.79 Å². The van der Waals surface area contributed by atoms with Gasteiger partial charge in [-0.2, -0.15) is 0 Å². The number of hydrogen-bond donors (Lipinski definition) is 1. The van der Waals surface area contributed by atoms with Gasteiger partial charge in [-0.05, 0) is 56.4 Å². The molecule has 0 aliphatic carbocycles. The summed E-state index contributed by atoms with van der Waals surface area (Å²) in [5, 5.41) is 3.16. The molecule has 3 rings (SSSR count). The number of carbonyl (C=O) groups excluding carboxylic acids is 3. The molecule has 294 valence electrons. The van der Waals surface area contributed by atoms with Gasteiger partial charge in [0, 0.05) is 54.1 Å². The summed E-state index contributed by atoms with van der Waals surface area (Å²) in [6, 6.07) is -0.426. The summed E-state index contributed by atoms with van der Waals surface area (Å²) in [5.74, 6) is 0.941. The summed E-state index contributed by atoms with van der Waals surface area (Å²) >= 11 is 1.96. The molecule has 11 nitrogen and oxygen atoms in total. The maximum atomic E-state index is 12.4. The van der Waals surface area contributed by atoms with Crippen molar-refractivity contribution >= 4 is 65.1 Å². The summed E-state index contributed by atoms with van der Waals surface area (Å²) in [6.07, 6.45) is 3.59. The molecule has 1 unspecified atom stereocenters. The Morgan fingerprint density at radius 3 is 1.76 bits per heavy atom. The van der Waals surface area contributed by atoms with Crippen molar-refractivity contribution in [2.75, 3.05) is 111 Å². The molecule has 1 N–H and O–H groups in total. The number of alkyl halides is 1. The van der Waals surface area contributed by atoms with E-state index in [1.807, 2.05) is 43.5 Å². The first-order valence-electron chi connectivity index (χ1n) is 18.7. The molecule has 0 saturated carbocycles. The van der Waals surface area contributed by atoms with E-state index in [1.54, 1.807) is 11.9 Å². The molecule has 3 amide bonds. The summed E-state index contributed by atoms with van der Waals surface area (Å²) in [6.45, 7) is 27.6. The lowest BCUT2D eigenvalue weighted by molar-refractivity contribution is -0.129. The molecule has 3 saturated heterocycles. The van der Waals surface area contributed by atoms with Gasteiger partial charge in [-0.25, -0.2) is 4.79 Å². The van der Waals surface area contributed by atoms with Gasteiger partial charge in [0.25, 0.3) is 5.91 Å². The van der Waals surface area contributed by atoms with Crippen LogP contribution < -0.4 is 5.32 Å². The third-order valence-corrected chi connectivity index (χ3v) is 9.61. The number of ketones is 1.